The summed E-state index contributed by atoms with van der Waals surface area (Å²) in [5.74, 6) is -0.650. The average Bonchev–Trinajstić information content (AvgIpc) is 2.97. The highest BCUT2D eigenvalue weighted by molar-refractivity contribution is 7.52. The van der Waals surface area contributed by atoms with Gasteiger partial charge >= 0.3 is 19.4 Å². The maximum absolute atomic E-state index is 15.6. The number of esters is 1. The zero-order valence-corrected chi connectivity index (χ0v) is 20.9. The lowest BCUT2D eigenvalue weighted by molar-refractivity contribution is -0.149. The van der Waals surface area contributed by atoms with Crippen molar-refractivity contribution in [1.82, 2.24) is 14.6 Å². The van der Waals surface area contributed by atoms with E-state index in [0.717, 1.165) is 19.2 Å². The number of aliphatic hydroxyl groups is 1. The molecule has 1 saturated heterocycles. The number of nitrogens with one attached hydrogen (secondary N) is 2. The van der Waals surface area contributed by atoms with Gasteiger partial charge in [-0.1, -0.05) is 18.2 Å². The topological polar surface area (TPSA) is 158 Å². The summed E-state index contributed by atoms with van der Waals surface area (Å²) < 4.78 is 59.6. The number of rotatable bonds is 10. The smallest absolute Gasteiger partial charge is 0.459 e. The minimum atomic E-state index is -4.42. The summed E-state index contributed by atoms with van der Waals surface area (Å²) in [6.07, 6.45) is -6.11. The van der Waals surface area contributed by atoms with Gasteiger partial charge < -0.3 is 19.1 Å². The molecule has 12 nitrogen and oxygen atoms in total. The third-order valence-electron chi connectivity index (χ3n) is 5.09. The summed E-state index contributed by atoms with van der Waals surface area (Å²) in [5.41, 5.74) is -4.65. The van der Waals surface area contributed by atoms with Gasteiger partial charge in [0.2, 0.25) is 0 Å². The van der Waals surface area contributed by atoms with Crippen LogP contribution in [0.25, 0.3) is 0 Å². The molecule has 1 aromatic heterocycles. The van der Waals surface area contributed by atoms with Gasteiger partial charge in [-0.3, -0.25) is 23.7 Å². The first-order valence-electron chi connectivity index (χ1n) is 11.5. The molecule has 1 aliphatic heterocycles. The lowest BCUT2D eigenvalue weighted by Crippen LogP contribution is -2.43. The molecule has 0 unspecified atom stereocenters. The van der Waals surface area contributed by atoms with Gasteiger partial charge in [0.25, 0.3) is 5.56 Å². The standard InChI is InChI=1S/C22H29FN3O9P/c1-13(2)33-19(29)14(3)25-36(31,35-15-8-6-5-7-9-15)32-12-16-18(28)22(4,23)20(34-16)26-11-10-17(27)24-21(26)30/h5-11,13-14,16,18,20,28H,12H2,1-4H3,(H,25,31)(H,24,27,30)/t14-,16+,18+,20+,22+,36-/m0/s1/i18D. The number of halogens is 1. The highest BCUT2D eigenvalue weighted by atomic mass is 31.2. The maximum atomic E-state index is 15.6. The van der Waals surface area contributed by atoms with Crippen molar-refractivity contribution in [2.24, 2.45) is 0 Å². The first kappa shape index (κ1) is 26.2. The monoisotopic (exact) mass is 530 g/mol. The molecule has 1 aromatic carbocycles. The molecule has 14 heteroatoms. The largest absolute Gasteiger partial charge is 0.462 e. The average molecular weight is 530 g/mol. The number of hydrogen-bond acceptors (Lipinski definition) is 9. The molecular formula is C22H29FN3O9P. The van der Waals surface area contributed by atoms with Crippen LogP contribution in [0, 0.1) is 0 Å². The summed E-state index contributed by atoms with van der Waals surface area (Å²) >= 11 is 0. The lowest BCUT2D eigenvalue weighted by atomic mass is 9.98. The van der Waals surface area contributed by atoms with Crippen molar-refractivity contribution in [2.45, 2.75) is 63.9 Å². The zero-order valence-electron chi connectivity index (χ0n) is 21.0. The van der Waals surface area contributed by atoms with Gasteiger partial charge in [0.15, 0.2) is 11.9 Å². The Kier molecular flexibility index (Phi) is 8.06. The molecule has 0 radical (unpaired) electrons. The highest BCUT2D eigenvalue weighted by Crippen LogP contribution is 2.47. The predicted molar refractivity (Wildman–Crippen MR) is 125 cm³/mol. The van der Waals surface area contributed by atoms with Crippen LogP contribution in [0.5, 0.6) is 5.75 Å². The summed E-state index contributed by atoms with van der Waals surface area (Å²) in [5, 5.41) is 13.1. The molecule has 2 heterocycles. The zero-order chi connectivity index (χ0) is 27.6. The number of carbonyl (C=O) groups is 1. The molecule has 36 heavy (non-hydrogen) atoms. The summed E-state index contributed by atoms with van der Waals surface area (Å²) in [4.78, 5) is 37.8. The number of ether oxygens (including phenoxy) is 2. The van der Waals surface area contributed by atoms with Crippen molar-refractivity contribution in [2.75, 3.05) is 6.61 Å². The molecule has 1 fully saturated rings. The maximum Gasteiger partial charge on any atom is 0.459 e. The van der Waals surface area contributed by atoms with E-state index < -0.39 is 67.8 Å². The van der Waals surface area contributed by atoms with Gasteiger partial charge in [0, 0.05) is 12.3 Å². The number of aromatic nitrogens is 2. The van der Waals surface area contributed by atoms with Crippen LogP contribution in [-0.4, -0.2) is 57.2 Å². The van der Waals surface area contributed by atoms with E-state index in [4.69, 9.17) is 19.9 Å². The molecule has 6 atom stereocenters. The van der Waals surface area contributed by atoms with Crippen molar-refractivity contribution < 1.29 is 38.7 Å². The van der Waals surface area contributed by atoms with E-state index in [1.165, 1.54) is 19.1 Å². The third-order valence-corrected chi connectivity index (χ3v) is 6.73. The van der Waals surface area contributed by atoms with Crippen LogP contribution in [0.2, 0.25) is 0 Å². The fraction of sp³-hybridized carbons (Fsp3) is 0.500. The van der Waals surface area contributed by atoms with Crippen molar-refractivity contribution >= 4 is 13.7 Å². The lowest BCUT2D eigenvalue weighted by Gasteiger charge is -2.25. The molecule has 0 saturated carbocycles. The van der Waals surface area contributed by atoms with E-state index in [-0.39, 0.29) is 5.75 Å². The van der Waals surface area contributed by atoms with Gasteiger partial charge in [-0.2, -0.15) is 5.09 Å². The minimum Gasteiger partial charge on any atom is -0.462 e. The molecule has 1 aliphatic rings. The van der Waals surface area contributed by atoms with Crippen LogP contribution in [0.3, 0.4) is 0 Å². The highest BCUT2D eigenvalue weighted by Gasteiger charge is 2.55. The quantitative estimate of drug-likeness (QED) is 0.305. The Morgan fingerprint density at radius 3 is 2.61 bits per heavy atom. The van der Waals surface area contributed by atoms with E-state index in [1.807, 2.05) is 4.98 Å². The Morgan fingerprint density at radius 2 is 2.00 bits per heavy atom. The van der Waals surface area contributed by atoms with Gasteiger partial charge in [-0.25, -0.2) is 13.8 Å². The van der Waals surface area contributed by atoms with Gasteiger partial charge in [-0.15, -0.1) is 0 Å². The molecule has 2 aromatic rings. The second-order valence-corrected chi connectivity index (χ2v) is 10.2. The normalized spacial score (nSPS) is 28.8. The number of nitrogens with zero attached hydrogens (tertiary/aromatic N) is 1. The van der Waals surface area contributed by atoms with Gasteiger partial charge in [-0.05, 0) is 39.8 Å². The number of para-hydroxylation sites is 1. The Bertz CT molecular complexity index is 1270. The van der Waals surface area contributed by atoms with Crippen LogP contribution >= 0.6 is 7.75 Å². The van der Waals surface area contributed by atoms with Crippen molar-refractivity contribution in [3.63, 3.8) is 0 Å². The summed E-state index contributed by atoms with van der Waals surface area (Å²) in [6, 6.07) is 7.59. The van der Waals surface area contributed by atoms with Crippen molar-refractivity contribution in [1.29, 1.82) is 0 Å². The Morgan fingerprint density at radius 1 is 1.33 bits per heavy atom. The first-order valence-corrected chi connectivity index (χ1v) is 12.6. The Labute approximate surface area is 207 Å². The predicted octanol–water partition coefficient (Wildman–Crippen LogP) is 1.66. The number of H-pyrrole nitrogens is 1. The van der Waals surface area contributed by atoms with E-state index in [0.29, 0.717) is 4.57 Å². The van der Waals surface area contributed by atoms with Gasteiger partial charge in [0.05, 0.1) is 14.1 Å². The fourth-order valence-electron chi connectivity index (χ4n) is 3.35. The molecule has 0 aliphatic carbocycles. The molecule has 3 N–H and O–H groups in total. The molecule has 198 valence electrons. The summed E-state index contributed by atoms with van der Waals surface area (Å²) in [6.45, 7) is 4.61. The molecule has 0 amide bonds. The van der Waals surface area contributed by atoms with Crippen LogP contribution in [0.15, 0.2) is 52.2 Å². The van der Waals surface area contributed by atoms with Crippen LogP contribution in [0.1, 0.15) is 35.3 Å². The van der Waals surface area contributed by atoms with Crippen LogP contribution in [0.4, 0.5) is 4.39 Å². The van der Waals surface area contributed by atoms with Gasteiger partial charge in [0.1, 0.15) is 24.0 Å². The molecule has 0 spiro atoms. The minimum absolute atomic E-state index is 0.101. The second kappa shape index (κ2) is 11.1. The number of alkyl halides is 1. The van der Waals surface area contributed by atoms with Crippen LogP contribution < -0.4 is 20.9 Å². The number of aromatic amines is 1. The van der Waals surface area contributed by atoms with E-state index in [1.54, 1.807) is 32.0 Å². The van der Waals surface area contributed by atoms with Crippen LogP contribution in [-0.2, 0) is 23.4 Å². The SMILES string of the molecule is [2H][C@@]1(O)[C@@H](CO[P@@](=O)(N[C@@H](C)C(=O)OC(C)C)Oc2ccccc2)O[C@@H](n2ccc(=O)[nH]c2=O)[C@]1(C)F. The van der Waals surface area contributed by atoms with Crippen molar-refractivity contribution in [3.05, 3.63) is 63.4 Å². The number of carbonyl (C=O) groups excluding carboxylic acids is 1. The number of hydrogen-bond donors (Lipinski definition) is 3. The molecular weight excluding hydrogens is 500 g/mol. The Hall–Kier alpha value is -2.83. The van der Waals surface area contributed by atoms with Crippen molar-refractivity contribution in [3.8, 4) is 5.75 Å². The third kappa shape index (κ3) is 6.48. The molecule has 3 rings (SSSR count). The second-order valence-electron chi connectivity index (χ2n) is 8.49. The van der Waals surface area contributed by atoms with E-state index in [9.17, 15) is 24.1 Å². The number of benzene rings is 1. The first-order chi connectivity index (χ1) is 17.2. The van der Waals surface area contributed by atoms with E-state index >= 15 is 4.39 Å². The molecule has 0 bridgehead atoms. The van der Waals surface area contributed by atoms with E-state index in [2.05, 4.69) is 5.09 Å². The Balaban J connectivity index is 1.85. The fourth-order valence-corrected chi connectivity index (χ4v) is 4.84. The summed E-state index contributed by atoms with van der Waals surface area (Å²) in [7, 11) is -4.42.